The van der Waals surface area contributed by atoms with Crippen molar-refractivity contribution in [1.82, 2.24) is 0 Å². The van der Waals surface area contributed by atoms with Crippen molar-refractivity contribution in [3.05, 3.63) is 38.5 Å². The Bertz CT molecular complexity index is 513. The molecule has 2 rings (SSSR count). The molecule has 0 atom stereocenters. The number of fused-ring (bicyclic) bond motifs is 1. The molecule has 0 amide bonds. The van der Waals surface area contributed by atoms with Gasteiger partial charge in [-0.15, -0.1) is 0 Å². The number of hydrogen-bond donors (Lipinski definition) is 0. The molecule has 0 spiro atoms. The third-order valence-electron chi connectivity index (χ3n) is 2.49. The Labute approximate surface area is 109 Å². The Morgan fingerprint density at radius 3 is 2.89 bits per heavy atom. The van der Waals surface area contributed by atoms with E-state index in [1.54, 1.807) is 12.1 Å². The number of rotatable bonds is 2. The van der Waals surface area contributed by atoms with Crippen LogP contribution in [0.5, 0.6) is 11.5 Å². The summed E-state index contributed by atoms with van der Waals surface area (Å²) < 4.78 is 11.0. The van der Waals surface area contributed by atoms with Crippen molar-refractivity contribution >= 4 is 17.7 Å². The van der Waals surface area contributed by atoms with E-state index in [0.717, 1.165) is 6.42 Å². The SMILES string of the molecule is C/C(=C\c1cc(Cl)c2c(c1)OCCCO2)[N+](=O)[O-]. The number of allylic oxidation sites excluding steroid dienone is 1. The van der Waals surface area contributed by atoms with Gasteiger partial charge >= 0.3 is 0 Å². The van der Waals surface area contributed by atoms with Gasteiger partial charge in [0.05, 0.1) is 23.2 Å². The first-order valence-corrected chi connectivity index (χ1v) is 5.87. The standard InChI is InChI=1S/C12H12ClNO4/c1-8(14(15)16)5-9-6-10(13)12-11(7-9)17-3-2-4-18-12/h5-7H,2-4H2,1H3/b8-5+. The normalized spacial score (nSPS) is 15.1. The van der Waals surface area contributed by atoms with Crippen LogP contribution in [-0.2, 0) is 0 Å². The summed E-state index contributed by atoms with van der Waals surface area (Å²) >= 11 is 6.08. The lowest BCUT2D eigenvalue weighted by molar-refractivity contribution is -0.422. The number of nitro groups is 1. The van der Waals surface area contributed by atoms with E-state index in [-0.39, 0.29) is 5.70 Å². The summed E-state index contributed by atoms with van der Waals surface area (Å²) in [5.74, 6) is 1.03. The Kier molecular flexibility index (Phi) is 3.72. The molecule has 1 aliphatic heterocycles. The lowest BCUT2D eigenvalue weighted by atomic mass is 10.1. The third kappa shape index (κ3) is 2.73. The van der Waals surface area contributed by atoms with Crippen molar-refractivity contribution in [1.29, 1.82) is 0 Å². The molecule has 0 saturated carbocycles. The number of benzene rings is 1. The average molecular weight is 270 g/mol. The number of hydrogen-bond acceptors (Lipinski definition) is 4. The van der Waals surface area contributed by atoms with Crippen molar-refractivity contribution in [2.24, 2.45) is 0 Å². The van der Waals surface area contributed by atoms with Crippen LogP contribution in [0, 0.1) is 10.1 Å². The molecule has 96 valence electrons. The van der Waals surface area contributed by atoms with Crippen molar-refractivity contribution in [2.75, 3.05) is 13.2 Å². The van der Waals surface area contributed by atoms with E-state index in [2.05, 4.69) is 0 Å². The Morgan fingerprint density at radius 2 is 2.17 bits per heavy atom. The smallest absolute Gasteiger partial charge is 0.243 e. The fourth-order valence-corrected chi connectivity index (χ4v) is 1.90. The van der Waals surface area contributed by atoms with E-state index in [0.29, 0.717) is 35.3 Å². The van der Waals surface area contributed by atoms with Crippen LogP contribution >= 0.6 is 11.6 Å². The van der Waals surface area contributed by atoms with Gasteiger partial charge in [-0.2, -0.15) is 0 Å². The molecule has 0 aliphatic carbocycles. The summed E-state index contributed by atoms with van der Waals surface area (Å²) in [5.41, 5.74) is 0.666. The van der Waals surface area contributed by atoms with Crippen molar-refractivity contribution < 1.29 is 14.4 Å². The van der Waals surface area contributed by atoms with E-state index >= 15 is 0 Å². The highest BCUT2D eigenvalue weighted by molar-refractivity contribution is 6.32. The molecular formula is C12H12ClNO4. The average Bonchev–Trinajstić information content (AvgIpc) is 2.54. The van der Waals surface area contributed by atoms with Crippen LogP contribution in [-0.4, -0.2) is 18.1 Å². The fraction of sp³-hybridized carbons (Fsp3) is 0.333. The van der Waals surface area contributed by atoms with Crippen molar-refractivity contribution in [3.63, 3.8) is 0 Å². The maximum absolute atomic E-state index is 10.6. The van der Waals surface area contributed by atoms with Crippen molar-refractivity contribution in [3.8, 4) is 11.5 Å². The van der Waals surface area contributed by atoms with Gasteiger partial charge in [-0.1, -0.05) is 11.6 Å². The largest absolute Gasteiger partial charge is 0.489 e. The quantitative estimate of drug-likeness (QED) is 0.611. The van der Waals surface area contributed by atoms with Crippen LogP contribution in [0.1, 0.15) is 18.9 Å². The van der Waals surface area contributed by atoms with Crippen LogP contribution in [0.2, 0.25) is 5.02 Å². The molecule has 0 fully saturated rings. The van der Waals surface area contributed by atoms with Gasteiger partial charge in [0.1, 0.15) is 0 Å². The molecule has 0 N–H and O–H groups in total. The van der Waals surface area contributed by atoms with Crippen LogP contribution in [0.25, 0.3) is 6.08 Å². The third-order valence-corrected chi connectivity index (χ3v) is 2.77. The van der Waals surface area contributed by atoms with E-state index < -0.39 is 4.92 Å². The molecule has 0 aromatic heterocycles. The van der Waals surface area contributed by atoms with Gasteiger partial charge in [0.2, 0.25) is 5.70 Å². The lowest BCUT2D eigenvalue weighted by Crippen LogP contribution is -1.97. The molecular weight excluding hydrogens is 258 g/mol. The highest BCUT2D eigenvalue weighted by Gasteiger charge is 2.15. The minimum absolute atomic E-state index is 0.0422. The predicted octanol–water partition coefficient (Wildman–Crippen LogP) is 3.14. The van der Waals surface area contributed by atoms with Gasteiger partial charge in [-0.25, -0.2) is 0 Å². The molecule has 6 heteroatoms. The number of ether oxygens (including phenoxy) is 2. The maximum Gasteiger partial charge on any atom is 0.243 e. The molecule has 1 aromatic rings. The second kappa shape index (κ2) is 5.27. The molecule has 18 heavy (non-hydrogen) atoms. The molecule has 0 unspecified atom stereocenters. The van der Waals surface area contributed by atoms with Gasteiger partial charge in [0.15, 0.2) is 11.5 Å². The second-order valence-corrected chi connectivity index (χ2v) is 4.33. The van der Waals surface area contributed by atoms with Gasteiger partial charge in [-0.05, 0) is 17.7 Å². The van der Waals surface area contributed by atoms with E-state index in [1.807, 2.05) is 0 Å². The minimum Gasteiger partial charge on any atom is -0.489 e. The second-order valence-electron chi connectivity index (χ2n) is 3.92. The zero-order valence-electron chi connectivity index (χ0n) is 9.81. The lowest BCUT2D eigenvalue weighted by Gasteiger charge is -2.09. The highest BCUT2D eigenvalue weighted by Crippen LogP contribution is 2.38. The molecule has 0 bridgehead atoms. The first kappa shape index (κ1) is 12.7. The molecule has 0 saturated heterocycles. The Hall–Kier alpha value is -1.75. The van der Waals surface area contributed by atoms with Crippen LogP contribution in [0.15, 0.2) is 17.8 Å². The first-order chi connectivity index (χ1) is 8.58. The summed E-state index contributed by atoms with van der Waals surface area (Å²) in [6.45, 7) is 2.53. The fourth-order valence-electron chi connectivity index (χ4n) is 1.63. The topological polar surface area (TPSA) is 61.6 Å². The van der Waals surface area contributed by atoms with E-state index in [1.165, 1.54) is 13.0 Å². The monoisotopic (exact) mass is 269 g/mol. The summed E-state index contributed by atoms with van der Waals surface area (Å²) in [5, 5.41) is 11.0. The number of halogens is 1. The van der Waals surface area contributed by atoms with Crippen molar-refractivity contribution in [2.45, 2.75) is 13.3 Å². The maximum atomic E-state index is 10.6. The van der Waals surface area contributed by atoms with Gasteiger partial charge in [0.25, 0.3) is 0 Å². The molecule has 5 nitrogen and oxygen atoms in total. The number of nitrogens with zero attached hydrogens (tertiary/aromatic N) is 1. The summed E-state index contributed by atoms with van der Waals surface area (Å²) in [6, 6.07) is 3.32. The molecule has 0 radical (unpaired) electrons. The molecule has 1 heterocycles. The zero-order chi connectivity index (χ0) is 13.1. The summed E-state index contributed by atoms with van der Waals surface area (Å²) in [6.07, 6.45) is 2.23. The molecule has 1 aromatic carbocycles. The summed E-state index contributed by atoms with van der Waals surface area (Å²) in [4.78, 5) is 10.1. The minimum atomic E-state index is -0.447. The van der Waals surface area contributed by atoms with E-state index in [4.69, 9.17) is 21.1 Å². The highest BCUT2D eigenvalue weighted by atomic mass is 35.5. The van der Waals surface area contributed by atoms with E-state index in [9.17, 15) is 10.1 Å². The first-order valence-electron chi connectivity index (χ1n) is 5.50. The van der Waals surface area contributed by atoms with Crippen LogP contribution in [0.3, 0.4) is 0 Å². The van der Waals surface area contributed by atoms with Gasteiger partial charge < -0.3 is 9.47 Å². The Balaban J connectivity index is 2.40. The molecule has 1 aliphatic rings. The predicted molar refractivity (Wildman–Crippen MR) is 67.7 cm³/mol. The van der Waals surface area contributed by atoms with Gasteiger partial charge in [0, 0.05) is 19.4 Å². The van der Waals surface area contributed by atoms with Crippen LogP contribution in [0.4, 0.5) is 0 Å². The van der Waals surface area contributed by atoms with Crippen LogP contribution < -0.4 is 9.47 Å². The Morgan fingerprint density at radius 1 is 1.44 bits per heavy atom. The zero-order valence-corrected chi connectivity index (χ0v) is 10.6. The summed E-state index contributed by atoms with van der Waals surface area (Å²) in [7, 11) is 0. The van der Waals surface area contributed by atoms with Gasteiger partial charge in [-0.3, -0.25) is 10.1 Å².